The van der Waals surface area contributed by atoms with E-state index in [0.717, 1.165) is 31.2 Å². The van der Waals surface area contributed by atoms with Crippen LogP contribution in [0, 0.1) is 11.6 Å². The van der Waals surface area contributed by atoms with E-state index in [1.807, 2.05) is 6.92 Å². The third kappa shape index (κ3) is 5.43. The highest BCUT2D eigenvalue weighted by molar-refractivity contribution is 5.24. The van der Waals surface area contributed by atoms with Crippen LogP contribution in [0.25, 0.3) is 0 Å². The predicted octanol–water partition coefficient (Wildman–Crippen LogP) is 2.87. The molecule has 0 aliphatic heterocycles. The van der Waals surface area contributed by atoms with Gasteiger partial charge in [-0.2, -0.15) is 0 Å². The van der Waals surface area contributed by atoms with Gasteiger partial charge >= 0.3 is 0 Å². The minimum absolute atomic E-state index is 0.0291. The zero-order valence-electron chi connectivity index (χ0n) is 12.1. The molecule has 0 fully saturated rings. The van der Waals surface area contributed by atoms with Gasteiger partial charge in [-0.15, -0.1) is 0 Å². The molecule has 0 saturated carbocycles. The van der Waals surface area contributed by atoms with Gasteiger partial charge < -0.3 is 15.2 Å². The lowest BCUT2D eigenvalue weighted by atomic mass is 9.97. The zero-order valence-corrected chi connectivity index (χ0v) is 12.1. The average molecular weight is 287 g/mol. The third-order valence-electron chi connectivity index (χ3n) is 3.17. The van der Waals surface area contributed by atoms with Gasteiger partial charge in [-0.05, 0) is 44.9 Å². The quantitative estimate of drug-likeness (QED) is 0.686. The van der Waals surface area contributed by atoms with Gasteiger partial charge in [0.15, 0.2) is 11.6 Å². The van der Waals surface area contributed by atoms with E-state index in [-0.39, 0.29) is 24.5 Å². The molecule has 1 aromatic rings. The SMILES string of the molecule is CCCNC(C)(CO)CCCOc1cc(F)ccc1F. The molecule has 1 aromatic carbocycles. The first-order valence-electron chi connectivity index (χ1n) is 6.94. The number of benzene rings is 1. The van der Waals surface area contributed by atoms with Crippen LogP contribution in [0.15, 0.2) is 18.2 Å². The van der Waals surface area contributed by atoms with Crippen molar-refractivity contribution in [3.05, 3.63) is 29.8 Å². The second kappa shape index (κ2) is 8.17. The van der Waals surface area contributed by atoms with E-state index in [2.05, 4.69) is 12.2 Å². The maximum atomic E-state index is 13.3. The van der Waals surface area contributed by atoms with E-state index < -0.39 is 11.6 Å². The Kier molecular flexibility index (Phi) is 6.88. The molecular formula is C15H23F2NO2. The molecule has 1 unspecified atom stereocenters. The third-order valence-corrected chi connectivity index (χ3v) is 3.17. The van der Waals surface area contributed by atoms with Crippen molar-refractivity contribution in [1.29, 1.82) is 0 Å². The Morgan fingerprint density at radius 1 is 1.35 bits per heavy atom. The number of ether oxygens (including phenoxy) is 1. The van der Waals surface area contributed by atoms with Gasteiger partial charge in [0.25, 0.3) is 0 Å². The van der Waals surface area contributed by atoms with Crippen LogP contribution in [0.4, 0.5) is 8.78 Å². The van der Waals surface area contributed by atoms with Crippen LogP contribution in [-0.4, -0.2) is 30.4 Å². The summed E-state index contributed by atoms with van der Waals surface area (Å²) in [6, 6.07) is 3.14. The summed E-state index contributed by atoms with van der Waals surface area (Å²) in [5.41, 5.74) is -0.361. The van der Waals surface area contributed by atoms with Crippen LogP contribution in [0.3, 0.4) is 0 Å². The number of halogens is 2. The minimum Gasteiger partial charge on any atom is -0.490 e. The number of aliphatic hydroxyl groups excluding tert-OH is 1. The second-order valence-corrected chi connectivity index (χ2v) is 5.17. The number of hydrogen-bond donors (Lipinski definition) is 2. The van der Waals surface area contributed by atoms with Gasteiger partial charge in [-0.1, -0.05) is 6.92 Å². The molecule has 1 atom stereocenters. The van der Waals surface area contributed by atoms with E-state index >= 15 is 0 Å². The Morgan fingerprint density at radius 2 is 2.10 bits per heavy atom. The lowest BCUT2D eigenvalue weighted by Gasteiger charge is -2.28. The van der Waals surface area contributed by atoms with E-state index in [1.54, 1.807) is 0 Å². The van der Waals surface area contributed by atoms with Gasteiger partial charge in [0.1, 0.15) is 5.82 Å². The molecule has 0 saturated heterocycles. The molecule has 0 heterocycles. The standard InChI is InChI=1S/C15H23F2NO2/c1-3-8-18-15(2,11-19)7-4-9-20-14-10-12(16)5-6-13(14)17/h5-6,10,18-19H,3-4,7-9,11H2,1-2H3. The van der Waals surface area contributed by atoms with Gasteiger partial charge in [0, 0.05) is 11.6 Å². The molecule has 0 radical (unpaired) electrons. The largest absolute Gasteiger partial charge is 0.490 e. The summed E-state index contributed by atoms with van der Waals surface area (Å²) in [7, 11) is 0. The van der Waals surface area contributed by atoms with Crippen molar-refractivity contribution in [2.24, 2.45) is 0 Å². The van der Waals surface area contributed by atoms with Crippen molar-refractivity contribution in [3.8, 4) is 5.75 Å². The van der Waals surface area contributed by atoms with Crippen molar-refractivity contribution < 1.29 is 18.6 Å². The first-order valence-corrected chi connectivity index (χ1v) is 6.94. The van der Waals surface area contributed by atoms with Crippen LogP contribution < -0.4 is 10.1 Å². The molecule has 1 rings (SSSR count). The van der Waals surface area contributed by atoms with E-state index in [1.165, 1.54) is 0 Å². The van der Waals surface area contributed by atoms with Crippen LogP contribution in [0.1, 0.15) is 33.1 Å². The lowest BCUT2D eigenvalue weighted by Crippen LogP contribution is -2.46. The number of nitrogens with one attached hydrogen (secondary N) is 1. The molecule has 0 aliphatic rings. The molecule has 0 spiro atoms. The van der Waals surface area contributed by atoms with E-state index in [0.29, 0.717) is 12.8 Å². The van der Waals surface area contributed by atoms with Crippen molar-refractivity contribution in [2.75, 3.05) is 19.8 Å². The normalized spacial score (nSPS) is 14.1. The summed E-state index contributed by atoms with van der Waals surface area (Å²) in [6.45, 7) is 5.13. The summed E-state index contributed by atoms with van der Waals surface area (Å²) in [4.78, 5) is 0. The average Bonchev–Trinajstić information content (AvgIpc) is 2.45. The summed E-state index contributed by atoms with van der Waals surface area (Å²) >= 11 is 0. The molecule has 0 amide bonds. The number of rotatable bonds is 9. The summed E-state index contributed by atoms with van der Waals surface area (Å²) < 4.78 is 31.5. The molecule has 0 aliphatic carbocycles. The van der Waals surface area contributed by atoms with Crippen LogP contribution in [-0.2, 0) is 0 Å². The molecule has 5 heteroatoms. The fraction of sp³-hybridized carbons (Fsp3) is 0.600. The Labute approximate surface area is 119 Å². The molecular weight excluding hydrogens is 264 g/mol. The minimum atomic E-state index is -0.569. The molecule has 2 N–H and O–H groups in total. The zero-order chi connectivity index (χ0) is 15.0. The highest BCUT2D eigenvalue weighted by Crippen LogP contribution is 2.19. The maximum absolute atomic E-state index is 13.3. The fourth-order valence-electron chi connectivity index (χ4n) is 1.88. The van der Waals surface area contributed by atoms with Gasteiger partial charge in [-0.25, -0.2) is 8.78 Å². The van der Waals surface area contributed by atoms with Crippen molar-refractivity contribution in [1.82, 2.24) is 5.32 Å². The fourth-order valence-corrected chi connectivity index (χ4v) is 1.88. The lowest BCUT2D eigenvalue weighted by molar-refractivity contribution is 0.155. The highest BCUT2D eigenvalue weighted by Gasteiger charge is 2.21. The first kappa shape index (κ1) is 16.9. The Bertz CT molecular complexity index is 415. The van der Waals surface area contributed by atoms with Gasteiger partial charge in [0.2, 0.25) is 0 Å². The highest BCUT2D eigenvalue weighted by atomic mass is 19.1. The van der Waals surface area contributed by atoms with E-state index in [9.17, 15) is 13.9 Å². The number of hydrogen-bond acceptors (Lipinski definition) is 3. The van der Waals surface area contributed by atoms with Crippen LogP contribution in [0.5, 0.6) is 5.75 Å². The molecule has 0 aromatic heterocycles. The summed E-state index contributed by atoms with van der Waals surface area (Å²) in [6.07, 6.45) is 2.32. The molecule has 114 valence electrons. The molecule has 0 bridgehead atoms. The molecule has 3 nitrogen and oxygen atoms in total. The van der Waals surface area contributed by atoms with Crippen LogP contribution >= 0.6 is 0 Å². The number of aliphatic hydroxyl groups is 1. The monoisotopic (exact) mass is 287 g/mol. The van der Waals surface area contributed by atoms with Crippen LogP contribution in [0.2, 0.25) is 0 Å². The Balaban J connectivity index is 2.38. The van der Waals surface area contributed by atoms with Crippen molar-refractivity contribution in [3.63, 3.8) is 0 Å². The summed E-state index contributed by atoms with van der Waals surface area (Å²) in [5.74, 6) is -1.16. The second-order valence-electron chi connectivity index (χ2n) is 5.17. The van der Waals surface area contributed by atoms with Gasteiger partial charge in [0.05, 0.1) is 13.2 Å². The predicted molar refractivity (Wildman–Crippen MR) is 74.9 cm³/mol. The topological polar surface area (TPSA) is 41.5 Å². The molecule has 20 heavy (non-hydrogen) atoms. The Hall–Kier alpha value is -1.20. The smallest absolute Gasteiger partial charge is 0.165 e. The Morgan fingerprint density at radius 3 is 2.75 bits per heavy atom. The first-order chi connectivity index (χ1) is 9.50. The summed E-state index contributed by atoms with van der Waals surface area (Å²) in [5, 5.41) is 12.7. The van der Waals surface area contributed by atoms with Crippen molar-refractivity contribution in [2.45, 2.75) is 38.6 Å². The van der Waals surface area contributed by atoms with Crippen molar-refractivity contribution >= 4 is 0 Å². The maximum Gasteiger partial charge on any atom is 0.165 e. The van der Waals surface area contributed by atoms with E-state index in [4.69, 9.17) is 4.74 Å². The van der Waals surface area contributed by atoms with Gasteiger partial charge in [-0.3, -0.25) is 0 Å².